The third-order valence-electron chi connectivity index (χ3n) is 3.95. The molecular formula is C18H20N2O8. The topological polar surface area (TPSA) is 128 Å². The van der Waals surface area contributed by atoms with Crippen molar-refractivity contribution >= 4 is 29.8 Å². The largest absolute Gasteiger partial charge is 0.469 e. The molecule has 28 heavy (non-hydrogen) atoms. The van der Waals surface area contributed by atoms with Crippen molar-refractivity contribution in [2.24, 2.45) is 0 Å². The molecule has 3 amide bonds. The molecular weight excluding hydrogens is 372 g/mol. The van der Waals surface area contributed by atoms with Gasteiger partial charge in [0.1, 0.15) is 6.61 Å². The van der Waals surface area contributed by atoms with E-state index in [9.17, 15) is 24.0 Å². The van der Waals surface area contributed by atoms with E-state index >= 15 is 0 Å². The zero-order valence-corrected chi connectivity index (χ0v) is 15.4. The maximum Gasteiger partial charge on any atom is 0.408 e. The number of benzene rings is 1. The fraction of sp³-hybridized carbons (Fsp3) is 0.389. The summed E-state index contributed by atoms with van der Waals surface area (Å²) in [5.74, 6) is -3.38. The smallest absolute Gasteiger partial charge is 0.408 e. The molecule has 10 heteroatoms. The summed E-state index contributed by atoms with van der Waals surface area (Å²) in [6, 6.07) is 8.80. The summed E-state index contributed by atoms with van der Waals surface area (Å²) in [4.78, 5) is 64.4. The minimum Gasteiger partial charge on any atom is -0.469 e. The van der Waals surface area contributed by atoms with Crippen molar-refractivity contribution in [1.82, 2.24) is 10.4 Å². The van der Waals surface area contributed by atoms with Crippen LogP contribution in [0.25, 0.3) is 0 Å². The Hall–Kier alpha value is -3.43. The molecule has 0 unspecified atom stereocenters. The Bertz CT molecular complexity index is 763. The number of methoxy groups -OCH3 is 1. The summed E-state index contributed by atoms with van der Waals surface area (Å²) in [5, 5.41) is 2.57. The average molecular weight is 392 g/mol. The van der Waals surface area contributed by atoms with Crippen molar-refractivity contribution in [3.8, 4) is 0 Å². The van der Waals surface area contributed by atoms with Gasteiger partial charge in [-0.05, 0) is 12.5 Å². The first-order valence-corrected chi connectivity index (χ1v) is 8.39. The Labute approximate surface area is 160 Å². The van der Waals surface area contributed by atoms with Gasteiger partial charge in [0.2, 0.25) is 0 Å². The Balaban J connectivity index is 2.06. The molecule has 1 aliphatic rings. The zero-order chi connectivity index (χ0) is 20.7. The van der Waals surface area contributed by atoms with Crippen LogP contribution in [0.3, 0.4) is 0 Å². The lowest BCUT2D eigenvalue weighted by molar-refractivity contribution is -0.202. The van der Waals surface area contributed by atoms with E-state index in [1.54, 1.807) is 30.3 Å². The van der Waals surface area contributed by atoms with Crippen molar-refractivity contribution in [2.45, 2.75) is 38.3 Å². The molecule has 1 saturated heterocycles. The van der Waals surface area contributed by atoms with Crippen LogP contribution in [0.4, 0.5) is 4.79 Å². The van der Waals surface area contributed by atoms with Crippen LogP contribution in [-0.4, -0.2) is 47.6 Å². The fourth-order valence-electron chi connectivity index (χ4n) is 2.35. The fourth-order valence-corrected chi connectivity index (χ4v) is 2.35. The molecule has 1 aliphatic heterocycles. The second-order valence-corrected chi connectivity index (χ2v) is 6.23. The number of imide groups is 1. The van der Waals surface area contributed by atoms with Crippen molar-refractivity contribution in [3.05, 3.63) is 35.9 Å². The van der Waals surface area contributed by atoms with Gasteiger partial charge in [-0.1, -0.05) is 30.3 Å². The van der Waals surface area contributed by atoms with E-state index in [0.29, 0.717) is 10.6 Å². The lowest BCUT2D eigenvalue weighted by atomic mass is 9.98. The van der Waals surface area contributed by atoms with Gasteiger partial charge >= 0.3 is 18.0 Å². The van der Waals surface area contributed by atoms with E-state index < -0.39 is 41.8 Å². The normalized spacial score (nSPS) is 15.6. The molecule has 10 nitrogen and oxygen atoms in total. The van der Waals surface area contributed by atoms with Crippen LogP contribution in [0, 0.1) is 0 Å². The number of esters is 1. The zero-order valence-electron chi connectivity index (χ0n) is 15.4. The van der Waals surface area contributed by atoms with Crippen molar-refractivity contribution in [2.75, 3.05) is 7.11 Å². The molecule has 150 valence electrons. The number of hydroxylamine groups is 2. The molecule has 0 bridgehead atoms. The molecule has 1 N–H and O–H groups in total. The highest BCUT2D eigenvalue weighted by Crippen LogP contribution is 2.19. The second kappa shape index (κ2) is 8.98. The van der Waals surface area contributed by atoms with Gasteiger partial charge in [0.25, 0.3) is 11.8 Å². The Morgan fingerprint density at radius 2 is 1.71 bits per heavy atom. The number of alkyl carbamates (subject to hydrolysis) is 1. The van der Waals surface area contributed by atoms with E-state index in [4.69, 9.17) is 9.57 Å². The van der Waals surface area contributed by atoms with Crippen LogP contribution >= 0.6 is 0 Å². The Morgan fingerprint density at radius 1 is 1.11 bits per heavy atom. The number of amides is 3. The number of nitrogens with one attached hydrogen (secondary N) is 1. The van der Waals surface area contributed by atoms with Gasteiger partial charge in [-0.15, -0.1) is 5.06 Å². The molecule has 2 rings (SSSR count). The minimum atomic E-state index is -1.93. The third kappa shape index (κ3) is 5.29. The first-order valence-electron chi connectivity index (χ1n) is 8.39. The second-order valence-electron chi connectivity index (χ2n) is 6.23. The number of carbonyl (C=O) groups is 5. The lowest BCUT2D eigenvalue weighted by Crippen LogP contribution is -2.56. The lowest BCUT2D eigenvalue weighted by Gasteiger charge is -2.28. The van der Waals surface area contributed by atoms with Gasteiger partial charge in [0, 0.05) is 12.8 Å². The molecule has 1 aromatic rings. The van der Waals surface area contributed by atoms with E-state index in [0.717, 1.165) is 7.11 Å². The SMILES string of the molecule is COC(=O)C[C@@](C)(NC(=O)OCc1ccccc1)C(=O)ON1C(=O)CCC1=O. The molecule has 1 heterocycles. The van der Waals surface area contributed by atoms with Crippen LogP contribution < -0.4 is 5.32 Å². The summed E-state index contributed by atoms with van der Waals surface area (Å²) in [6.45, 7) is 1.13. The minimum absolute atomic E-state index is 0.0703. The van der Waals surface area contributed by atoms with Gasteiger partial charge in [-0.3, -0.25) is 14.4 Å². The van der Waals surface area contributed by atoms with Crippen LogP contribution in [0.5, 0.6) is 0 Å². The third-order valence-corrected chi connectivity index (χ3v) is 3.95. The Kier molecular flexibility index (Phi) is 6.69. The molecule has 1 aromatic carbocycles. The molecule has 1 atom stereocenters. The predicted molar refractivity (Wildman–Crippen MR) is 92.0 cm³/mol. The number of hydrogen-bond acceptors (Lipinski definition) is 8. The molecule has 1 fully saturated rings. The molecule has 0 radical (unpaired) electrons. The van der Waals surface area contributed by atoms with Crippen molar-refractivity contribution in [3.63, 3.8) is 0 Å². The van der Waals surface area contributed by atoms with Gasteiger partial charge < -0.3 is 19.6 Å². The van der Waals surface area contributed by atoms with Crippen LogP contribution in [0.2, 0.25) is 0 Å². The highest BCUT2D eigenvalue weighted by atomic mass is 16.7. The summed E-state index contributed by atoms with van der Waals surface area (Å²) in [5.41, 5.74) is -1.22. The highest BCUT2D eigenvalue weighted by Gasteiger charge is 2.44. The predicted octanol–water partition coefficient (Wildman–Crippen LogP) is 0.842. The molecule has 0 saturated carbocycles. The first kappa shape index (κ1) is 20.9. The van der Waals surface area contributed by atoms with E-state index in [-0.39, 0.29) is 19.4 Å². The van der Waals surface area contributed by atoms with Crippen LogP contribution in [0.15, 0.2) is 30.3 Å². The van der Waals surface area contributed by atoms with Gasteiger partial charge in [0.05, 0.1) is 13.5 Å². The summed E-state index contributed by atoms with van der Waals surface area (Å²) < 4.78 is 9.58. The average Bonchev–Trinajstić information content (AvgIpc) is 2.99. The van der Waals surface area contributed by atoms with Gasteiger partial charge in [-0.25, -0.2) is 9.59 Å². The van der Waals surface area contributed by atoms with Crippen LogP contribution in [0.1, 0.15) is 31.7 Å². The van der Waals surface area contributed by atoms with E-state index in [1.165, 1.54) is 6.92 Å². The highest BCUT2D eigenvalue weighted by molar-refractivity contribution is 6.02. The Morgan fingerprint density at radius 3 is 2.29 bits per heavy atom. The summed E-state index contributed by atoms with van der Waals surface area (Å²) in [7, 11) is 1.11. The van der Waals surface area contributed by atoms with Crippen molar-refractivity contribution < 1.29 is 38.3 Å². The van der Waals surface area contributed by atoms with Gasteiger partial charge in [-0.2, -0.15) is 0 Å². The number of hydrogen-bond donors (Lipinski definition) is 1. The maximum absolute atomic E-state index is 12.5. The molecule has 0 aliphatic carbocycles. The quantitative estimate of drug-likeness (QED) is 0.534. The number of rotatable bonds is 7. The monoisotopic (exact) mass is 392 g/mol. The first-order chi connectivity index (χ1) is 13.2. The standard InChI is InChI=1S/C18H20N2O8/c1-18(10-15(23)26-2,16(24)28-20-13(21)8-9-14(20)22)19-17(25)27-11-12-6-4-3-5-7-12/h3-7H,8-11H2,1-2H3,(H,19,25)/t18-/m1/s1. The van der Waals surface area contributed by atoms with Crippen LogP contribution in [-0.2, 0) is 40.1 Å². The number of ether oxygens (including phenoxy) is 2. The molecule has 0 aromatic heterocycles. The molecule has 0 spiro atoms. The van der Waals surface area contributed by atoms with Gasteiger partial charge in [0.15, 0.2) is 5.54 Å². The van der Waals surface area contributed by atoms with E-state index in [2.05, 4.69) is 10.1 Å². The number of nitrogens with zero attached hydrogens (tertiary/aromatic N) is 1. The summed E-state index contributed by atoms with van der Waals surface area (Å²) in [6.07, 6.45) is -1.77. The van der Waals surface area contributed by atoms with E-state index in [1.807, 2.05) is 0 Å². The van der Waals surface area contributed by atoms with Crippen molar-refractivity contribution in [1.29, 1.82) is 0 Å². The number of carbonyl (C=O) groups excluding carboxylic acids is 5. The summed E-state index contributed by atoms with van der Waals surface area (Å²) >= 11 is 0. The maximum atomic E-state index is 12.5.